The molecule has 0 fully saturated rings. The van der Waals surface area contributed by atoms with Crippen LogP contribution >= 0.6 is 0 Å². The second-order valence-electron chi connectivity index (χ2n) is 4.75. The van der Waals surface area contributed by atoms with Crippen LogP contribution in [0.5, 0.6) is 0 Å². The van der Waals surface area contributed by atoms with Crippen molar-refractivity contribution in [2.24, 2.45) is 17.2 Å². The maximum atomic E-state index is 5.62. The lowest BCUT2D eigenvalue weighted by molar-refractivity contribution is 0.129. The van der Waals surface area contributed by atoms with Crippen molar-refractivity contribution in [3.8, 4) is 0 Å². The van der Waals surface area contributed by atoms with Crippen LogP contribution in [0.3, 0.4) is 0 Å². The SMILES string of the molecule is CCC(C)(C)C(NN)C(C)CCOC. The molecule has 14 heavy (non-hydrogen) atoms. The monoisotopic (exact) mass is 202 g/mol. The summed E-state index contributed by atoms with van der Waals surface area (Å²) < 4.78 is 5.08. The van der Waals surface area contributed by atoms with Gasteiger partial charge >= 0.3 is 0 Å². The molecule has 3 nitrogen and oxygen atoms in total. The van der Waals surface area contributed by atoms with Crippen LogP contribution in [0, 0.1) is 11.3 Å². The van der Waals surface area contributed by atoms with Gasteiger partial charge < -0.3 is 4.74 Å². The van der Waals surface area contributed by atoms with E-state index >= 15 is 0 Å². The highest BCUT2D eigenvalue weighted by atomic mass is 16.5. The molecule has 0 aliphatic heterocycles. The van der Waals surface area contributed by atoms with Crippen LogP contribution in [0.1, 0.15) is 40.5 Å². The number of hydrogen-bond donors (Lipinski definition) is 2. The zero-order valence-corrected chi connectivity index (χ0v) is 10.3. The Kier molecular flexibility index (Phi) is 6.33. The Bertz CT molecular complexity index is 148. The first kappa shape index (κ1) is 13.9. The minimum atomic E-state index is 0.238. The van der Waals surface area contributed by atoms with Gasteiger partial charge in [-0.15, -0.1) is 0 Å². The van der Waals surface area contributed by atoms with Crippen LogP contribution in [-0.2, 0) is 4.74 Å². The quantitative estimate of drug-likeness (QED) is 0.490. The molecule has 3 heteroatoms. The van der Waals surface area contributed by atoms with Gasteiger partial charge in [-0.2, -0.15) is 0 Å². The molecule has 86 valence electrons. The molecule has 0 amide bonds. The first-order valence-electron chi connectivity index (χ1n) is 5.44. The Morgan fingerprint density at radius 3 is 2.36 bits per heavy atom. The molecule has 3 N–H and O–H groups in total. The molecular weight excluding hydrogens is 176 g/mol. The molecule has 0 saturated heterocycles. The highest BCUT2D eigenvalue weighted by molar-refractivity contribution is 4.85. The van der Waals surface area contributed by atoms with E-state index in [1.165, 1.54) is 0 Å². The average Bonchev–Trinajstić information content (AvgIpc) is 2.15. The number of rotatable bonds is 7. The first-order valence-corrected chi connectivity index (χ1v) is 5.44. The average molecular weight is 202 g/mol. The molecule has 0 saturated carbocycles. The van der Waals surface area contributed by atoms with E-state index in [4.69, 9.17) is 10.6 Å². The Hall–Kier alpha value is -0.120. The molecule has 0 rings (SSSR count). The molecule has 0 aromatic rings. The van der Waals surface area contributed by atoms with Crippen molar-refractivity contribution in [3.63, 3.8) is 0 Å². The summed E-state index contributed by atoms with van der Waals surface area (Å²) in [4.78, 5) is 0. The minimum absolute atomic E-state index is 0.238. The Balaban J connectivity index is 4.24. The van der Waals surface area contributed by atoms with Gasteiger partial charge in [0.2, 0.25) is 0 Å². The second-order valence-corrected chi connectivity index (χ2v) is 4.75. The van der Waals surface area contributed by atoms with Crippen LogP contribution in [-0.4, -0.2) is 19.8 Å². The third kappa shape index (κ3) is 3.95. The normalized spacial score (nSPS) is 16.7. The van der Waals surface area contributed by atoms with Gasteiger partial charge in [-0.05, 0) is 24.2 Å². The second kappa shape index (κ2) is 6.38. The van der Waals surface area contributed by atoms with Gasteiger partial charge in [0.05, 0.1) is 0 Å². The van der Waals surface area contributed by atoms with Crippen molar-refractivity contribution < 1.29 is 4.74 Å². The minimum Gasteiger partial charge on any atom is -0.385 e. The van der Waals surface area contributed by atoms with E-state index in [2.05, 4.69) is 33.1 Å². The van der Waals surface area contributed by atoms with Gasteiger partial charge in [0.25, 0.3) is 0 Å². The summed E-state index contributed by atoms with van der Waals surface area (Å²) in [5.41, 5.74) is 3.18. The van der Waals surface area contributed by atoms with Crippen molar-refractivity contribution >= 4 is 0 Å². The highest BCUT2D eigenvalue weighted by Gasteiger charge is 2.30. The van der Waals surface area contributed by atoms with Crippen molar-refractivity contribution in [1.82, 2.24) is 5.43 Å². The van der Waals surface area contributed by atoms with E-state index in [1.54, 1.807) is 7.11 Å². The number of methoxy groups -OCH3 is 1. The van der Waals surface area contributed by atoms with E-state index in [-0.39, 0.29) is 5.41 Å². The Labute approximate surface area is 88.4 Å². The van der Waals surface area contributed by atoms with Crippen molar-refractivity contribution in [2.75, 3.05) is 13.7 Å². The van der Waals surface area contributed by atoms with E-state index in [0.717, 1.165) is 19.4 Å². The lowest BCUT2D eigenvalue weighted by atomic mass is 9.75. The maximum absolute atomic E-state index is 5.62. The number of ether oxygens (including phenoxy) is 1. The molecule has 0 bridgehead atoms. The zero-order chi connectivity index (χ0) is 11.2. The van der Waals surface area contributed by atoms with E-state index in [1.807, 2.05) is 0 Å². The van der Waals surface area contributed by atoms with Crippen molar-refractivity contribution in [2.45, 2.75) is 46.6 Å². The Morgan fingerprint density at radius 1 is 1.43 bits per heavy atom. The van der Waals surface area contributed by atoms with Gasteiger partial charge in [-0.25, -0.2) is 0 Å². The summed E-state index contributed by atoms with van der Waals surface area (Å²) in [7, 11) is 1.74. The van der Waals surface area contributed by atoms with Crippen LogP contribution in [0.2, 0.25) is 0 Å². The molecule has 0 aliphatic carbocycles. The number of nitrogens with one attached hydrogen (secondary N) is 1. The lowest BCUT2D eigenvalue weighted by Gasteiger charge is -2.37. The van der Waals surface area contributed by atoms with Crippen molar-refractivity contribution in [3.05, 3.63) is 0 Å². The predicted octanol–water partition coefficient (Wildman–Crippen LogP) is 1.93. The largest absolute Gasteiger partial charge is 0.385 e. The summed E-state index contributed by atoms with van der Waals surface area (Å²) in [6.07, 6.45) is 2.17. The number of nitrogens with two attached hydrogens (primary N) is 1. The standard InChI is InChI=1S/C11H26N2O/c1-6-11(3,4)10(13-12)9(2)7-8-14-5/h9-10,13H,6-8,12H2,1-5H3. The predicted molar refractivity (Wildman–Crippen MR) is 60.8 cm³/mol. The zero-order valence-electron chi connectivity index (χ0n) is 10.3. The maximum Gasteiger partial charge on any atom is 0.0465 e. The smallest absolute Gasteiger partial charge is 0.0465 e. The molecule has 0 aliphatic rings. The van der Waals surface area contributed by atoms with Crippen LogP contribution in [0.25, 0.3) is 0 Å². The summed E-state index contributed by atoms with van der Waals surface area (Å²) in [6, 6.07) is 0.350. The van der Waals surface area contributed by atoms with E-state index < -0.39 is 0 Å². The van der Waals surface area contributed by atoms with Crippen LogP contribution in [0.15, 0.2) is 0 Å². The highest BCUT2D eigenvalue weighted by Crippen LogP contribution is 2.30. The summed E-state index contributed by atoms with van der Waals surface area (Å²) in [5.74, 6) is 6.15. The van der Waals surface area contributed by atoms with Gasteiger partial charge in [0.15, 0.2) is 0 Å². The number of hydrogen-bond acceptors (Lipinski definition) is 3. The van der Waals surface area contributed by atoms with Crippen LogP contribution < -0.4 is 11.3 Å². The first-order chi connectivity index (χ1) is 6.49. The van der Waals surface area contributed by atoms with Crippen LogP contribution in [0.4, 0.5) is 0 Å². The fourth-order valence-corrected chi connectivity index (χ4v) is 1.85. The third-order valence-electron chi connectivity index (χ3n) is 3.28. The number of hydrazine groups is 1. The van der Waals surface area contributed by atoms with E-state index in [9.17, 15) is 0 Å². The summed E-state index contributed by atoms with van der Waals surface area (Å²) in [5, 5.41) is 0. The van der Waals surface area contributed by atoms with Gasteiger partial charge in [-0.3, -0.25) is 11.3 Å². The molecule has 0 aromatic carbocycles. The Morgan fingerprint density at radius 2 is 2.00 bits per heavy atom. The van der Waals surface area contributed by atoms with E-state index in [0.29, 0.717) is 12.0 Å². The molecular formula is C11H26N2O. The molecule has 0 aromatic heterocycles. The molecule has 0 radical (unpaired) electrons. The molecule has 0 spiro atoms. The third-order valence-corrected chi connectivity index (χ3v) is 3.28. The summed E-state index contributed by atoms with van der Waals surface area (Å²) in [6.45, 7) is 9.73. The topological polar surface area (TPSA) is 47.3 Å². The van der Waals surface area contributed by atoms with Gasteiger partial charge in [0.1, 0.15) is 0 Å². The summed E-state index contributed by atoms with van der Waals surface area (Å²) >= 11 is 0. The fraction of sp³-hybridized carbons (Fsp3) is 1.00. The molecule has 0 heterocycles. The fourth-order valence-electron chi connectivity index (χ4n) is 1.85. The van der Waals surface area contributed by atoms with Gasteiger partial charge in [0, 0.05) is 19.8 Å². The molecule has 2 atom stereocenters. The van der Waals surface area contributed by atoms with Gasteiger partial charge in [-0.1, -0.05) is 27.7 Å². The van der Waals surface area contributed by atoms with Crippen molar-refractivity contribution in [1.29, 1.82) is 0 Å². The lowest BCUT2D eigenvalue weighted by Crippen LogP contribution is -2.49. The molecule has 2 unspecified atom stereocenters.